The molecule has 2 atom stereocenters. The lowest BCUT2D eigenvalue weighted by atomic mass is 9.52. The highest BCUT2D eigenvalue weighted by atomic mass is 15.1. The minimum Gasteiger partial charge on any atom is -0.295 e. The van der Waals surface area contributed by atoms with Crippen LogP contribution in [-0.2, 0) is 10.8 Å². The quantitative estimate of drug-likeness (QED) is 0.345. The fourth-order valence-electron chi connectivity index (χ4n) is 7.43. The minimum absolute atomic E-state index is 0.308. The summed E-state index contributed by atoms with van der Waals surface area (Å²) in [6.07, 6.45) is 11.7. The SMILES string of the molecule is Cc1ccc2c3c1c1ccccc1c1ncc(n13)C13CCCCC21CCC3. The van der Waals surface area contributed by atoms with Crippen LogP contribution >= 0.6 is 0 Å². The first-order valence-electron chi connectivity index (χ1n) is 10.6. The van der Waals surface area contributed by atoms with E-state index in [-0.39, 0.29) is 0 Å². The van der Waals surface area contributed by atoms with E-state index < -0.39 is 0 Å². The maximum atomic E-state index is 5.04. The molecule has 2 aromatic carbocycles. The molecule has 2 nitrogen and oxygen atoms in total. The predicted octanol–water partition coefficient (Wildman–Crippen LogP) is 6.20. The fourth-order valence-corrected chi connectivity index (χ4v) is 7.43. The van der Waals surface area contributed by atoms with Crippen LogP contribution in [0.2, 0.25) is 0 Å². The molecular formula is C25H24N2. The van der Waals surface area contributed by atoms with Crippen molar-refractivity contribution in [2.24, 2.45) is 0 Å². The molecule has 3 heterocycles. The van der Waals surface area contributed by atoms with E-state index in [2.05, 4.69) is 53.9 Å². The van der Waals surface area contributed by atoms with Gasteiger partial charge in [0.1, 0.15) is 5.65 Å². The highest BCUT2D eigenvalue weighted by Crippen LogP contribution is 2.65. The maximum Gasteiger partial charge on any atom is 0.145 e. The summed E-state index contributed by atoms with van der Waals surface area (Å²) in [5, 5.41) is 4.12. The number of imidazole rings is 1. The molecule has 1 aliphatic heterocycles. The van der Waals surface area contributed by atoms with Crippen molar-refractivity contribution in [1.82, 2.24) is 9.38 Å². The standard InChI is InChI=1S/C25H24N2/c1-16-9-10-19-22-21(16)17-7-2-3-8-18(17)23-26-15-20(27(22)23)25-12-5-4-11-24(19,25)13-6-14-25/h2-3,7-10,15H,4-6,11-14H2,1H3. The first-order valence-corrected chi connectivity index (χ1v) is 10.6. The second kappa shape index (κ2) is 4.55. The molecular weight excluding hydrogens is 328 g/mol. The molecule has 2 aliphatic carbocycles. The second-order valence-corrected chi connectivity index (χ2v) is 9.23. The Bertz CT molecular complexity index is 1280. The molecule has 2 aromatic heterocycles. The van der Waals surface area contributed by atoms with Crippen molar-refractivity contribution >= 4 is 27.3 Å². The Balaban J connectivity index is 1.83. The number of pyridine rings is 1. The molecule has 0 saturated heterocycles. The van der Waals surface area contributed by atoms with Gasteiger partial charge in [-0.15, -0.1) is 0 Å². The number of aryl methyl sites for hydroxylation is 1. The molecule has 7 rings (SSSR count). The molecule has 0 N–H and O–H groups in total. The van der Waals surface area contributed by atoms with Crippen LogP contribution < -0.4 is 0 Å². The van der Waals surface area contributed by atoms with E-state index in [1.165, 1.54) is 83.5 Å². The van der Waals surface area contributed by atoms with Crippen LogP contribution in [0.15, 0.2) is 42.6 Å². The van der Waals surface area contributed by atoms with Gasteiger partial charge in [-0.2, -0.15) is 0 Å². The lowest BCUT2D eigenvalue weighted by Crippen LogP contribution is -2.50. The van der Waals surface area contributed by atoms with E-state index in [0.29, 0.717) is 10.8 Å². The average Bonchev–Trinajstić information content (AvgIpc) is 3.31. The van der Waals surface area contributed by atoms with E-state index in [0.717, 1.165) is 0 Å². The van der Waals surface area contributed by atoms with Gasteiger partial charge in [0, 0.05) is 27.8 Å². The molecule has 0 spiro atoms. The van der Waals surface area contributed by atoms with Gasteiger partial charge in [-0.1, -0.05) is 55.7 Å². The summed E-state index contributed by atoms with van der Waals surface area (Å²) in [6.45, 7) is 2.28. The summed E-state index contributed by atoms with van der Waals surface area (Å²) >= 11 is 0. The zero-order valence-corrected chi connectivity index (χ0v) is 15.9. The van der Waals surface area contributed by atoms with Crippen LogP contribution in [0.25, 0.3) is 27.3 Å². The Kier molecular flexibility index (Phi) is 2.47. The smallest absolute Gasteiger partial charge is 0.145 e. The Hall–Kier alpha value is -2.35. The molecule has 2 fully saturated rings. The van der Waals surface area contributed by atoms with E-state index in [9.17, 15) is 0 Å². The highest BCUT2D eigenvalue weighted by molar-refractivity contribution is 6.14. The lowest BCUT2D eigenvalue weighted by molar-refractivity contribution is 0.162. The summed E-state index contributed by atoms with van der Waals surface area (Å²) in [4.78, 5) is 5.04. The molecule has 3 aliphatic rings. The molecule has 2 heteroatoms. The first-order chi connectivity index (χ1) is 13.3. The summed E-state index contributed by atoms with van der Waals surface area (Å²) < 4.78 is 2.58. The Morgan fingerprint density at radius 2 is 1.59 bits per heavy atom. The van der Waals surface area contributed by atoms with E-state index in [4.69, 9.17) is 4.98 Å². The van der Waals surface area contributed by atoms with Crippen molar-refractivity contribution in [3.05, 3.63) is 59.4 Å². The summed E-state index contributed by atoms with van der Waals surface area (Å²) in [5.74, 6) is 0. The number of benzene rings is 2. The highest BCUT2D eigenvalue weighted by Gasteiger charge is 2.60. The van der Waals surface area contributed by atoms with Crippen LogP contribution in [0.5, 0.6) is 0 Å². The normalized spacial score (nSPS) is 28.9. The lowest BCUT2D eigenvalue weighted by Gasteiger charge is -2.53. The van der Waals surface area contributed by atoms with Gasteiger partial charge in [-0.3, -0.25) is 4.40 Å². The van der Waals surface area contributed by atoms with Crippen molar-refractivity contribution in [2.75, 3.05) is 0 Å². The topological polar surface area (TPSA) is 17.3 Å². The molecule has 0 amide bonds. The zero-order valence-electron chi connectivity index (χ0n) is 15.9. The Labute approximate surface area is 159 Å². The van der Waals surface area contributed by atoms with Crippen LogP contribution in [0, 0.1) is 6.92 Å². The van der Waals surface area contributed by atoms with Gasteiger partial charge >= 0.3 is 0 Å². The van der Waals surface area contributed by atoms with Gasteiger partial charge in [-0.25, -0.2) is 4.98 Å². The minimum atomic E-state index is 0.308. The van der Waals surface area contributed by atoms with E-state index in [1.54, 1.807) is 5.56 Å². The average molecular weight is 352 g/mol. The third-order valence-corrected chi connectivity index (χ3v) is 8.40. The molecule has 4 aromatic rings. The van der Waals surface area contributed by atoms with Crippen LogP contribution in [-0.4, -0.2) is 9.38 Å². The molecule has 0 radical (unpaired) electrons. The molecule has 134 valence electrons. The van der Waals surface area contributed by atoms with Crippen molar-refractivity contribution < 1.29 is 0 Å². The van der Waals surface area contributed by atoms with Gasteiger partial charge in [0.05, 0.1) is 11.2 Å². The first kappa shape index (κ1) is 14.7. The monoisotopic (exact) mass is 352 g/mol. The van der Waals surface area contributed by atoms with Crippen molar-refractivity contribution in [3.63, 3.8) is 0 Å². The molecule has 27 heavy (non-hydrogen) atoms. The summed E-state index contributed by atoms with van der Waals surface area (Å²) in [6, 6.07) is 13.8. The number of hydrogen-bond acceptors (Lipinski definition) is 1. The summed E-state index contributed by atoms with van der Waals surface area (Å²) in [5.41, 5.74) is 7.82. The van der Waals surface area contributed by atoms with Gasteiger partial charge in [0.2, 0.25) is 0 Å². The maximum absolute atomic E-state index is 5.04. The number of hydrogen-bond donors (Lipinski definition) is 0. The fraction of sp³-hybridized carbons (Fsp3) is 0.400. The van der Waals surface area contributed by atoms with E-state index >= 15 is 0 Å². The largest absolute Gasteiger partial charge is 0.295 e. The number of aromatic nitrogens is 2. The van der Waals surface area contributed by atoms with Crippen molar-refractivity contribution in [3.8, 4) is 0 Å². The Morgan fingerprint density at radius 1 is 0.852 bits per heavy atom. The number of fused-ring (bicyclic) bond motifs is 3. The van der Waals surface area contributed by atoms with Gasteiger partial charge in [0.15, 0.2) is 0 Å². The zero-order chi connectivity index (χ0) is 17.8. The third-order valence-electron chi connectivity index (χ3n) is 8.40. The Morgan fingerprint density at radius 3 is 2.48 bits per heavy atom. The van der Waals surface area contributed by atoms with Crippen molar-refractivity contribution in [2.45, 2.75) is 62.7 Å². The summed E-state index contributed by atoms with van der Waals surface area (Å²) in [7, 11) is 0. The van der Waals surface area contributed by atoms with E-state index in [1.807, 2.05) is 0 Å². The van der Waals surface area contributed by atoms with Gasteiger partial charge in [-0.05, 0) is 49.1 Å². The molecule has 2 saturated carbocycles. The number of nitrogens with zero attached hydrogens (tertiary/aromatic N) is 2. The number of rotatable bonds is 0. The molecule has 0 bridgehead atoms. The van der Waals surface area contributed by atoms with Crippen molar-refractivity contribution in [1.29, 1.82) is 0 Å². The third kappa shape index (κ3) is 1.41. The van der Waals surface area contributed by atoms with Crippen LogP contribution in [0.3, 0.4) is 0 Å². The second-order valence-electron chi connectivity index (χ2n) is 9.23. The molecule has 2 unspecified atom stereocenters. The van der Waals surface area contributed by atoms with Crippen LogP contribution in [0.4, 0.5) is 0 Å². The predicted molar refractivity (Wildman–Crippen MR) is 111 cm³/mol. The van der Waals surface area contributed by atoms with Gasteiger partial charge in [0.25, 0.3) is 0 Å². The van der Waals surface area contributed by atoms with Gasteiger partial charge < -0.3 is 0 Å². The van der Waals surface area contributed by atoms with Crippen LogP contribution in [0.1, 0.15) is 61.8 Å².